The Balaban J connectivity index is 4.55. The van der Waals surface area contributed by atoms with Crippen molar-refractivity contribution in [3.05, 3.63) is 11.6 Å². The van der Waals surface area contributed by atoms with Crippen LogP contribution < -0.4 is 0 Å². The maximum atomic E-state index is 10.9. The summed E-state index contributed by atoms with van der Waals surface area (Å²) in [6.45, 7) is 0.985. The first-order chi connectivity index (χ1) is 7.41. The summed E-state index contributed by atoms with van der Waals surface area (Å²) in [4.78, 5) is 72.1. The Hall–Kier alpha value is -1.13. The molecule has 0 bridgehead atoms. The fourth-order valence-electron chi connectivity index (χ4n) is 0.605. The van der Waals surface area contributed by atoms with Crippen LogP contribution in [0.3, 0.4) is 0 Å². The molecule has 17 heavy (non-hydrogen) atoms. The van der Waals surface area contributed by atoms with Crippen LogP contribution in [-0.4, -0.2) is 58.8 Å². The smallest absolute Gasteiger partial charge is 0.449 e. The number of carbonyl (C=O) groups excluding carboxylic acids is 2. The van der Waals surface area contributed by atoms with E-state index in [1.807, 2.05) is 0 Å². The first-order valence-electron chi connectivity index (χ1n) is 3.89. The first-order valence-corrected chi connectivity index (χ1v) is 7.39. The molecule has 0 radical (unpaired) electrons. The number of hydrogen-bond acceptors (Lipinski definition) is 10. The topological polar surface area (TPSA) is 174 Å². The molecule has 0 aromatic carbocycles. The van der Waals surface area contributed by atoms with Crippen LogP contribution in [-0.2, 0) is 18.4 Å². The Labute approximate surface area is 96.6 Å². The third-order valence-corrected chi connectivity index (χ3v) is 2.06. The van der Waals surface area contributed by atoms with Crippen molar-refractivity contribution in [2.45, 2.75) is 6.92 Å². The summed E-state index contributed by atoms with van der Waals surface area (Å²) in [6, 6.07) is 0. The second kappa shape index (κ2) is 5.47. The molecule has 6 N–H and O–H groups in total. The fraction of sp³-hybridized carbons (Fsp3) is 0.200. The summed E-state index contributed by atoms with van der Waals surface area (Å²) in [7, 11) is -10.1. The van der Waals surface area contributed by atoms with Crippen molar-refractivity contribution >= 4 is 30.0 Å². The lowest BCUT2D eigenvalue weighted by Gasteiger charge is -2.10. The largest absolute Gasteiger partial charge is 0.743 e. The van der Waals surface area contributed by atoms with Gasteiger partial charge in [-0.15, -0.1) is 0 Å². The zero-order valence-electron chi connectivity index (χ0n) is 8.39. The van der Waals surface area contributed by atoms with Crippen LogP contribution >= 0.6 is 0 Å². The highest BCUT2D eigenvalue weighted by molar-refractivity contribution is 6.51. The van der Waals surface area contributed by atoms with E-state index in [1.165, 1.54) is 0 Å². The maximum absolute atomic E-state index is 10.9. The Morgan fingerprint density at radius 1 is 0.941 bits per heavy atom. The molecule has 0 fully saturated rings. The zero-order chi connectivity index (χ0) is 13.9. The molecule has 0 aliphatic heterocycles. The van der Waals surface area contributed by atoms with Crippen LogP contribution in [0.2, 0.25) is 0 Å². The van der Waals surface area contributed by atoms with Gasteiger partial charge in [0.25, 0.3) is 0 Å². The van der Waals surface area contributed by atoms with E-state index >= 15 is 0 Å². The van der Waals surface area contributed by atoms with E-state index in [-0.39, 0.29) is 0 Å². The van der Waals surface area contributed by atoms with Crippen LogP contribution in [0, 0.1) is 0 Å². The number of rotatable bonds is 4. The quantitative estimate of drug-likeness (QED) is 0.220. The van der Waals surface area contributed by atoms with Crippen molar-refractivity contribution in [2.75, 3.05) is 0 Å². The molecule has 0 heterocycles. The van der Waals surface area contributed by atoms with Crippen LogP contribution in [0.15, 0.2) is 11.6 Å². The van der Waals surface area contributed by atoms with Gasteiger partial charge in [-0.3, -0.25) is 0 Å². The third-order valence-electron chi connectivity index (χ3n) is 1.12. The monoisotopic (exact) mass is 286 g/mol. The van der Waals surface area contributed by atoms with Gasteiger partial charge >= 0.3 is 30.0 Å². The average Bonchev–Trinajstić information content (AvgIpc) is 1.95. The van der Waals surface area contributed by atoms with Crippen molar-refractivity contribution in [1.29, 1.82) is 0 Å². The van der Waals surface area contributed by atoms with Gasteiger partial charge in [-0.1, -0.05) is 0 Å². The molecule has 0 aliphatic carbocycles. The minimum Gasteiger partial charge on any atom is -0.449 e. The van der Waals surface area contributed by atoms with Gasteiger partial charge < -0.3 is 37.6 Å². The average molecular weight is 286 g/mol. The van der Waals surface area contributed by atoms with Gasteiger partial charge in [-0.05, 0) is 6.92 Å². The second-order valence-corrected chi connectivity index (χ2v) is 5.49. The van der Waals surface area contributed by atoms with E-state index in [1.54, 1.807) is 0 Å². The molecular weight excluding hydrogens is 276 g/mol. The van der Waals surface area contributed by atoms with E-state index in [4.69, 9.17) is 28.8 Å². The van der Waals surface area contributed by atoms with Crippen LogP contribution in [0.4, 0.5) is 0 Å². The van der Waals surface area contributed by atoms with Crippen LogP contribution in [0.1, 0.15) is 6.92 Å². The minimum atomic E-state index is -5.06. The normalized spacial score (nSPS) is 13.2. The lowest BCUT2D eigenvalue weighted by atomic mass is 10.3. The minimum absolute atomic E-state index is 0.396. The van der Waals surface area contributed by atoms with Crippen molar-refractivity contribution in [2.24, 2.45) is 0 Å². The van der Waals surface area contributed by atoms with Gasteiger partial charge in [0.15, 0.2) is 0 Å². The molecule has 0 spiro atoms. The van der Waals surface area contributed by atoms with Crippen molar-refractivity contribution in [1.82, 2.24) is 0 Å². The van der Waals surface area contributed by atoms with E-state index in [2.05, 4.69) is 8.85 Å². The van der Waals surface area contributed by atoms with Crippen molar-refractivity contribution < 1.29 is 47.2 Å². The van der Waals surface area contributed by atoms with Crippen molar-refractivity contribution in [3.8, 4) is 0 Å². The molecule has 0 atom stereocenters. The predicted octanol–water partition coefficient (Wildman–Crippen LogP) is -4.16. The summed E-state index contributed by atoms with van der Waals surface area (Å²) in [5, 5.41) is 0. The van der Waals surface area contributed by atoms with Gasteiger partial charge in [0.2, 0.25) is 0 Å². The molecule has 12 heteroatoms. The highest BCUT2D eigenvalue weighted by Gasteiger charge is 2.37. The zero-order valence-corrected chi connectivity index (χ0v) is 10.4. The third kappa shape index (κ3) is 8.66. The highest BCUT2D eigenvalue weighted by Crippen LogP contribution is 2.02. The second-order valence-electron chi connectivity index (χ2n) is 2.79. The molecule has 0 aromatic heterocycles. The van der Waals surface area contributed by atoms with Crippen LogP contribution in [0.25, 0.3) is 0 Å². The molecule has 0 aromatic rings. The Kier molecular flexibility index (Phi) is 5.11. The van der Waals surface area contributed by atoms with E-state index < -0.39 is 35.6 Å². The maximum Gasteiger partial charge on any atom is 0.743 e. The molecule has 10 nitrogen and oxygen atoms in total. The van der Waals surface area contributed by atoms with Gasteiger partial charge in [-0.25, -0.2) is 9.59 Å². The Bertz CT molecular complexity index is 336. The Morgan fingerprint density at radius 2 is 1.35 bits per heavy atom. The van der Waals surface area contributed by atoms with E-state index in [9.17, 15) is 9.59 Å². The molecular formula is C5H10O10Si2. The van der Waals surface area contributed by atoms with E-state index in [0.717, 1.165) is 6.92 Å². The SMILES string of the molecule is C/C(=C\C(=O)O[Si](O)(O)O)C(=O)O[Si](O)(O)O. The summed E-state index contributed by atoms with van der Waals surface area (Å²) < 4.78 is 7.44. The summed E-state index contributed by atoms with van der Waals surface area (Å²) in [5.74, 6) is -2.89. The van der Waals surface area contributed by atoms with Gasteiger partial charge in [0, 0.05) is 11.6 Å². The van der Waals surface area contributed by atoms with Crippen molar-refractivity contribution in [3.63, 3.8) is 0 Å². The van der Waals surface area contributed by atoms with Crippen LogP contribution in [0.5, 0.6) is 0 Å². The highest BCUT2D eigenvalue weighted by atomic mass is 28.4. The lowest BCUT2D eigenvalue weighted by Crippen LogP contribution is -2.42. The Morgan fingerprint density at radius 3 is 1.71 bits per heavy atom. The van der Waals surface area contributed by atoms with Gasteiger partial charge in [-0.2, -0.15) is 0 Å². The molecule has 0 aliphatic rings. The summed E-state index contributed by atoms with van der Waals surface area (Å²) in [6.07, 6.45) is 0.396. The number of hydrogen-bond donors (Lipinski definition) is 6. The summed E-state index contributed by atoms with van der Waals surface area (Å²) in [5.41, 5.74) is -0.526. The fourth-order valence-corrected chi connectivity index (χ4v) is 1.34. The first kappa shape index (κ1) is 15.9. The summed E-state index contributed by atoms with van der Waals surface area (Å²) >= 11 is 0. The molecule has 0 unspecified atom stereocenters. The standard InChI is InChI=1S/C5H10O10Si2/c1-3(5(7)15-17(11,12)13)2-4(6)14-16(8,9)10/h2,8-13H,1H3/b3-2+. The molecule has 0 saturated heterocycles. The molecule has 0 amide bonds. The molecule has 0 saturated carbocycles. The predicted molar refractivity (Wildman–Crippen MR) is 50.8 cm³/mol. The van der Waals surface area contributed by atoms with E-state index in [0.29, 0.717) is 6.08 Å². The molecule has 98 valence electrons. The van der Waals surface area contributed by atoms with Gasteiger partial charge in [0.1, 0.15) is 0 Å². The molecule has 0 rings (SSSR count). The lowest BCUT2D eigenvalue weighted by molar-refractivity contribution is -0.139. The number of carbonyl (C=O) groups is 2. The van der Waals surface area contributed by atoms with Gasteiger partial charge in [0.05, 0.1) is 0 Å².